The van der Waals surface area contributed by atoms with Crippen molar-refractivity contribution in [3.63, 3.8) is 0 Å². The fourth-order valence-corrected chi connectivity index (χ4v) is 1.22. The van der Waals surface area contributed by atoms with Gasteiger partial charge in [0.1, 0.15) is 0 Å². The van der Waals surface area contributed by atoms with E-state index in [1.54, 1.807) is 0 Å². The molecular formula is C9H12ClF3N4O. The third kappa shape index (κ3) is 5.85. The molecule has 0 spiro atoms. The Labute approximate surface area is 107 Å². The second-order valence-corrected chi connectivity index (χ2v) is 3.65. The van der Waals surface area contributed by atoms with Gasteiger partial charge >= 0.3 is 12.2 Å². The molecule has 0 aliphatic heterocycles. The van der Waals surface area contributed by atoms with Crippen LogP contribution in [0.2, 0.25) is 5.28 Å². The minimum Gasteiger partial charge on any atom is -0.463 e. The molecule has 0 bridgehead atoms. The molecule has 102 valence electrons. The van der Waals surface area contributed by atoms with Gasteiger partial charge in [0.2, 0.25) is 11.2 Å². The van der Waals surface area contributed by atoms with Gasteiger partial charge in [-0.05, 0) is 24.9 Å². The Morgan fingerprint density at radius 1 is 1.28 bits per heavy atom. The number of nitrogens with one attached hydrogen (secondary N) is 1. The van der Waals surface area contributed by atoms with Gasteiger partial charge in [0.25, 0.3) is 0 Å². The molecule has 1 aromatic heterocycles. The number of anilines is 1. The molecule has 0 unspecified atom stereocenters. The van der Waals surface area contributed by atoms with E-state index in [1.807, 2.05) is 6.92 Å². The summed E-state index contributed by atoms with van der Waals surface area (Å²) in [5.41, 5.74) is 0. The quantitative estimate of drug-likeness (QED) is 0.814. The molecule has 0 aliphatic carbocycles. The van der Waals surface area contributed by atoms with Crippen molar-refractivity contribution in [3.8, 4) is 6.01 Å². The predicted molar refractivity (Wildman–Crippen MR) is 59.8 cm³/mol. The average Bonchev–Trinajstić information content (AvgIpc) is 2.23. The zero-order chi connectivity index (χ0) is 13.6. The Bertz CT molecular complexity index is 389. The van der Waals surface area contributed by atoms with Gasteiger partial charge in [-0.1, -0.05) is 0 Å². The maximum absolute atomic E-state index is 11.9. The molecule has 0 saturated carbocycles. The second kappa shape index (κ2) is 6.58. The second-order valence-electron chi connectivity index (χ2n) is 3.31. The molecule has 9 heteroatoms. The van der Waals surface area contributed by atoms with E-state index in [1.165, 1.54) is 0 Å². The molecule has 0 saturated heterocycles. The molecule has 0 radical (unpaired) electrons. The van der Waals surface area contributed by atoms with Crippen LogP contribution < -0.4 is 10.1 Å². The van der Waals surface area contributed by atoms with E-state index in [2.05, 4.69) is 20.3 Å². The molecular weight excluding hydrogens is 273 g/mol. The molecule has 0 amide bonds. The average molecular weight is 285 g/mol. The summed E-state index contributed by atoms with van der Waals surface area (Å²) < 4.78 is 40.6. The van der Waals surface area contributed by atoms with Crippen LogP contribution in [0.1, 0.15) is 19.8 Å². The Hall–Kier alpha value is -1.31. The Morgan fingerprint density at radius 3 is 2.61 bits per heavy atom. The van der Waals surface area contributed by atoms with Crippen molar-refractivity contribution < 1.29 is 17.9 Å². The lowest BCUT2D eigenvalue weighted by Gasteiger charge is -2.08. The van der Waals surface area contributed by atoms with Crippen molar-refractivity contribution in [1.29, 1.82) is 0 Å². The third-order valence-electron chi connectivity index (χ3n) is 1.76. The Kier molecular flexibility index (Phi) is 5.39. The van der Waals surface area contributed by atoms with Crippen LogP contribution in [0.5, 0.6) is 6.01 Å². The van der Waals surface area contributed by atoms with Crippen molar-refractivity contribution >= 4 is 17.5 Å². The highest BCUT2D eigenvalue weighted by molar-refractivity contribution is 6.28. The summed E-state index contributed by atoms with van der Waals surface area (Å²) in [5.74, 6) is 0.225. The van der Waals surface area contributed by atoms with Gasteiger partial charge in [-0.15, -0.1) is 0 Å². The number of aromatic nitrogens is 3. The van der Waals surface area contributed by atoms with Crippen molar-refractivity contribution in [2.45, 2.75) is 25.9 Å². The number of halogens is 4. The first-order valence-corrected chi connectivity index (χ1v) is 5.63. The lowest BCUT2D eigenvalue weighted by molar-refractivity contribution is -0.136. The normalized spacial score (nSPS) is 11.4. The van der Waals surface area contributed by atoms with Crippen LogP contribution in [-0.2, 0) is 0 Å². The van der Waals surface area contributed by atoms with E-state index in [-0.39, 0.29) is 30.3 Å². The number of rotatable bonds is 6. The lowest BCUT2D eigenvalue weighted by Crippen LogP contribution is -2.11. The van der Waals surface area contributed by atoms with Gasteiger partial charge in [-0.2, -0.15) is 28.1 Å². The van der Waals surface area contributed by atoms with Crippen molar-refractivity contribution in [2.75, 3.05) is 18.5 Å². The van der Waals surface area contributed by atoms with E-state index in [0.29, 0.717) is 6.54 Å². The number of ether oxygens (including phenoxy) is 1. The number of nitrogens with zero attached hydrogens (tertiary/aromatic N) is 3. The van der Waals surface area contributed by atoms with Gasteiger partial charge in [0.05, 0.1) is 6.61 Å². The van der Waals surface area contributed by atoms with Crippen LogP contribution in [0.3, 0.4) is 0 Å². The lowest BCUT2D eigenvalue weighted by atomic mass is 10.3. The molecule has 1 aromatic rings. The molecule has 1 N–H and O–H groups in total. The van der Waals surface area contributed by atoms with Crippen molar-refractivity contribution in [2.24, 2.45) is 0 Å². The SMILES string of the molecule is CCNc1nc(Cl)nc(OCCCC(F)(F)F)n1. The first kappa shape index (κ1) is 14.7. The molecule has 0 fully saturated rings. The first-order chi connectivity index (χ1) is 8.40. The van der Waals surface area contributed by atoms with Crippen LogP contribution in [-0.4, -0.2) is 34.3 Å². The van der Waals surface area contributed by atoms with Gasteiger partial charge in [-0.25, -0.2) is 0 Å². The Morgan fingerprint density at radius 2 is 2.00 bits per heavy atom. The van der Waals surface area contributed by atoms with Gasteiger partial charge in [0, 0.05) is 13.0 Å². The predicted octanol–water partition coefficient (Wildman–Crippen LogP) is 2.68. The number of alkyl halides is 3. The largest absolute Gasteiger partial charge is 0.463 e. The standard InChI is InChI=1S/C9H12ClF3N4O/c1-2-14-7-15-6(10)16-8(17-7)18-5-3-4-9(11,12)13/h2-5H2,1H3,(H,14,15,16,17). The van der Waals surface area contributed by atoms with Crippen LogP contribution in [0.15, 0.2) is 0 Å². The zero-order valence-electron chi connectivity index (χ0n) is 9.59. The summed E-state index contributed by atoms with van der Waals surface area (Å²) in [6, 6.07) is -0.0897. The third-order valence-corrected chi connectivity index (χ3v) is 1.93. The van der Waals surface area contributed by atoms with Crippen LogP contribution in [0.4, 0.5) is 19.1 Å². The summed E-state index contributed by atoms with van der Waals surface area (Å²) in [6.45, 7) is 2.28. The van der Waals surface area contributed by atoms with Gasteiger partial charge < -0.3 is 10.1 Å². The smallest absolute Gasteiger partial charge is 0.389 e. The van der Waals surface area contributed by atoms with E-state index >= 15 is 0 Å². The minimum atomic E-state index is -4.19. The number of hydrogen-bond donors (Lipinski definition) is 1. The van der Waals surface area contributed by atoms with Crippen LogP contribution in [0, 0.1) is 0 Å². The molecule has 18 heavy (non-hydrogen) atoms. The molecule has 5 nitrogen and oxygen atoms in total. The maximum atomic E-state index is 11.9. The molecule has 1 rings (SSSR count). The summed E-state index contributed by atoms with van der Waals surface area (Å²) in [6.07, 6.45) is -5.26. The van der Waals surface area contributed by atoms with E-state index in [9.17, 15) is 13.2 Å². The summed E-state index contributed by atoms with van der Waals surface area (Å²) in [4.78, 5) is 11.2. The minimum absolute atomic E-state index is 0.0771. The molecule has 1 heterocycles. The number of hydrogen-bond acceptors (Lipinski definition) is 5. The van der Waals surface area contributed by atoms with Crippen molar-refractivity contribution in [3.05, 3.63) is 5.28 Å². The van der Waals surface area contributed by atoms with Gasteiger partial charge in [0.15, 0.2) is 0 Å². The summed E-state index contributed by atoms with van der Waals surface area (Å²) >= 11 is 5.61. The Balaban J connectivity index is 2.46. The molecule has 0 atom stereocenters. The fraction of sp³-hybridized carbons (Fsp3) is 0.667. The van der Waals surface area contributed by atoms with E-state index in [0.717, 1.165) is 0 Å². The van der Waals surface area contributed by atoms with E-state index < -0.39 is 12.6 Å². The first-order valence-electron chi connectivity index (χ1n) is 5.25. The van der Waals surface area contributed by atoms with Crippen LogP contribution >= 0.6 is 11.6 Å². The zero-order valence-corrected chi connectivity index (χ0v) is 10.3. The fourth-order valence-electron chi connectivity index (χ4n) is 1.07. The topological polar surface area (TPSA) is 59.9 Å². The monoisotopic (exact) mass is 284 g/mol. The van der Waals surface area contributed by atoms with Crippen LogP contribution in [0.25, 0.3) is 0 Å². The van der Waals surface area contributed by atoms with E-state index in [4.69, 9.17) is 16.3 Å². The molecule has 0 aliphatic rings. The van der Waals surface area contributed by atoms with Gasteiger partial charge in [-0.3, -0.25) is 0 Å². The summed E-state index contributed by atoms with van der Waals surface area (Å²) in [5, 5.41) is 2.72. The maximum Gasteiger partial charge on any atom is 0.389 e. The highest BCUT2D eigenvalue weighted by Gasteiger charge is 2.26. The molecule has 0 aromatic carbocycles. The highest BCUT2D eigenvalue weighted by Crippen LogP contribution is 2.21. The highest BCUT2D eigenvalue weighted by atomic mass is 35.5. The summed E-state index contributed by atoms with van der Waals surface area (Å²) in [7, 11) is 0. The van der Waals surface area contributed by atoms with Crippen molar-refractivity contribution in [1.82, 2.24) is 15.0 Å².